The molecule has 0 amide bonds. The molecule has 2 nitrogen and oxygen atoms in total. The molecule has 1 aromatic rings. The fraction of sp³-hybridized carbons (Fsp3) is 0.722. The van der Waals surface area contributed by atoms with Crippen molar-refractivity contribution in [2.24, 2.45) is 11.3 Å². The van der Waals surface area contributed by atoms with Crippen molar-refractivity contribution in [3.8, 4) is 0 Å². The molecule has 110 valence electrons. The van der Waals surface area contributed by atoms with Gasteiger partial charge in [0.05, 0.1) is 0 Å². The second-order valence-corrected chi connectivity index (χ2v) is 7.60. The minimum Gasteiger partial charge on any atom is -0.351 e. The van der Waals surface area contributed by atoms with Gasteiger partial charge in [0.1, 0.15) is 0 Å². The highest BCUT2D eigenvalue weighted by Crippen LogP contribution is 2.35. The van der Waals surface area contributed by atoms with Gasteiger partial charge in [0.15, 0.2) is 5.78 Å². The molecule has 0 bridgehead atoms. The summed E-state index contributed by atoms with van der Waals surface area (Å²) in [5.74, 6) is 1.31. The Morgan fingerprint density at radius 1 is 1.25 bits per heavy atom. The number of nitrogens with zero attached hydrogens (tertiary/aromatic N) is 1. The molecule has 1 heterocycles. The summed E-state index contributed by atoms with van der Waals surface area (Å²) >= 11 is 0. The van der Waals surface area contributed by atoms with E-state index in [9.17, 15) is 4.79 Å². The van der Waals surface area contributed by atoms with Crippen molar-refractivity contribution in [3.63, 3.8) is 0 Å². The Morgan fingerprint density at radius 3 is 2.75 bits per heavy atom. The maximum absolute atomic E-state index is 12.2. The molecule has 0 aliphatic heterocycles. The van der Waals surface area contributed by atoms with Crippen LogP contribution in [0.15, 0.2) is 12.3 Å². The first kappa shape index (κ1) is 13.9. The smallest absolute Gasteiger partial charge is 0.165 e. The molecular formula is C18H27NO. The third-order valence-electron chi connectivity index (χ3n) is 5.15. The van der Waals surface area contributed by atoms with Crippen molar-refractivity contribution in [3.05, 3.63) is 23.5 Å². The number of Topliss-reactive ketones (excluding diaryl/α,β-unsaturated/α-hetero) is 1. The van der Waals surface area contributed by atoms with Crippen LogP contribution in [-0.2, 0) is 13.0 Å². The van der Waals surface area contributed by atoms with Gasteiger partial charge in [0, 0.05) is 30.4 Å². The van der Waals surface area contributed by atoms with Gasteiger partial charge in [-0.1, -0.05) is 39.5 Å². The van der Waals surface area contributed by atoms with Crippen molar-refractivity contribution < 1.29 is 4.79 Å². The normalized spacial score (nSPS) is 22.2. The molecule has 2 aliphatic carbocycles. The molecule has 1 aromatic heterocycles. The third-order valence-corrected chi connectivity index (χ3v) is 5.15. The number of rotatable bonds is 4. The molecule has 2 aliphatic rings. The van der Waals surface area contributed by atoms with E-state index in [0.29, 0.717) is 12.2 Å². The Kier molecular flexibility index (Phi) is 3.74. The Bertz CT molecular complexity index is 492. The van der Waals surface area contributed by atoms with Crippen molar-refractivity contribution in [2.45, 2.75) is 71.8 Å². The van der Waals surface area contributed by atoms with E-state index in [1.165, 1.54) is 44.2 Å². The van der Waals surface area contributed by atoms with Crippen LogP contribution in [0.5, 0.6) is 0 Å². The summed E-state index contributed by atoms with van der Waals surface area (Å²) in [6.45, 7) is 5.52. The number of carbonyl (C=O) groups is 1. The lowest BCUT2D eigenvalue weighted by atomic mass is 9.76. The summed E-state index contributed by atoms with van der Waals surface area (Å²) in [5.41, 5.74) is 2.41. The Hall–Kier alpha value is -1.05. The van der Waals surface area contributed by atoms with Gasteiger partial charge < -0.3 is 4.57 Å². The Balaban J connectivity index is 1.64. The summed E-state index contributed by atoms with van der Waals surface area (Å²) in [5, 5.41) is 0. The molecule has 1 fully saturated rings. The van der Waals surface area contributed by atoms with Crippen LogP contribution >= 0.6 is 0 Å². The van der Waals surface area contributed by atoms with Crippen LogP contribution in [0.4, 0.5) is 0 Å². The summed E-state index contributed by atoms with van der Waals surface area (Å²) in [4.78, 5) is 12.2. The minimum absolute atomic E-state index is 0.131. The highest BCUT2D eigenvalue weighted by atomic mass is 16.1. The average Bonchev–Trinajstić information content (AvgIpc) is 2.98. The molecule has 0 spiro atoms. The number of ketones is 1. The maximum Gasteiger partial charge on any atom is 0.165 e. The van der Waals surface area contributed by atoms with Gasteiger partial charge in [-0.25, -0.2) is 0 Å². The molecule has 2 heteroatoms. The van der Waals surface area contributed by atoms with Crippen LogP contribution in [0.2, 0.25) is 0 Å². The van der Waals surface area contributed by atoms with Crippen molar-refractivity contribution in [1.29, 1.82) is 0 Å². The second-order valence-electron chi connectivity index (χ2n) is 7.60. The third kappa shape index (κ3) is 2.84. The zero-order valence-electron chi connectivity index (χ0n) is 13.0. The standard InChI is InChI=1S/C18H27NO/c1-18(2)12-16-15(17(20)13-18)9-11-19(16)10-5-8-14-6-3-4-7-14/h9,11,14H,3-8,10,12-13H2,1-2H3. The van der Waals surface area contributed by atoms with E-state index in [4.69, 9.17) is 0 Å². The van der Waals surface area contributed by atoms with E-state index in [0.717, 1.165) is 24.4 Å². The lowest BCUT2D eigenvalue weighted by molar-refractivity contribution is 0.0910. The van der Waals surface area contributed by atoms with E-state index in [2.05, 4.69) is 24.6 Å². The van der Waals surface area contributed by atoms with Gasteiger partial charge in [0.2, 0.25) is 0 Å². The number of hydrogen-bond acceptors (Lipinski definition) is 1. The predicted octanol–water partition coefficient (Wildman–Crippen LogP) is 4.61. The molecule has 0 unspecified atom stereocenters. The van der Waals surface area contributed by atoms with Crippen molar-refractivity contribution >= 4 is 5.78 Å². The maximum atomic E-state index is 12.2. The van der Waals surface area contributed by atoms with Crippen molar-refractivity contribution in [2.75, 3.05) is 0 Å². The van der Waals surface area contributed by atoms with E-state index in [1.807, 2.05) is 6.07 Å². The highest BCUT2D eigenvalue weighted by molar-refractivity contribution is 5.98. The molecule has 20 heavy (non-hydrogen) atoms. The summed E-state index contributed by atoms with van der Waals surface area (Å²) in [6, 6.07) is 2.04. The second kappa shape index (κ2) is 5.38. The van der Waals surface area contributed by atoms with Crippen LogP contribution in [0.3, 0.4) is 0 Å². The number of fused-ring (bicyclic) bond motifs is 1. The monoisotopic (exact) mass is 273 g/mol. The van der Waals surface area contributed by atoms with E-state index in [-0.39, 0.29) is 5.41 Å². The highest BCUT2D eigenvalue weighted by Gasteiger charge is 2.32. The largest absolute Gasteiger partial charge is 0.351 e. The molecular weight excluding hydrogens is 246 g/mol. The van der Waals surface area contributed by atoms with Crippen LogP contribution in [0, 0.1) is 11.3 Å². The van der Waals surface area contributed by atoms with Crippen LogP contribution in [-0.4, -0.2) is 10.4 Å². The fourth-order valence-corrected chi connectivity index (χ4v) is 4.06. The van der Waals surface area contributed by atoms with Gasteiger partial charge in [-0.3, -0.25) is 4.79 Å². The quantitative estimate of drug-likeness (QED) is 0.785. The van der Waals surface area contributed by atoms with Gasteiger partial charge in [-0.05, 0) is 36.7 Å². The van der Waals surface area contributed by atoms with E-state index in [1.54, 1.807) is 0 Å². The van der Waals surface area contributed by atoms with Crippen LogP contribution < -0.4 is 0 Å². The SMILES string of the molecule is CC1(C)CC(=O)c2ccn(CCCC3CCCC3)c2C1. The Labute approximate surface area is 122 Å². The first-order valence-corrected chi connectivity index (χ1v) is 8.26. The lowest BCUT2D eigenvalue weighted by Gasteiger charge is -2.29. The number of aromatic nitrogens is 1. The number of carbonyl (C=O) groups excluding carboxylic acids is 1. The molecule has 3 rings (SSSR count). The number of aryl methyl sites for hydroxylation is 1. The molecule has 1 saturated carbocycles. The summed E-state index contributed by atoms with van der Waals surface area (Å²) in [7, 11) is 0. The Morgan fingerprint density at radius 2 is 2.00 bits per heavy atom. The predicted molar refractivity (Wildman–Crippen MR) is 82.1 cm³/mol. The molecule has 0 atom stereocenters. The number of hydrogen-bond donors (Lipinski definition) is 0. The first-order chi connectivity index (χ1) is 9.55. The van der Waals surface area contributed by atoms with Gasteiger partial charge in [-0.15, -0.1) is 0 Å². The summed E-state index contributed by atoms with van der Waals surface area (Å²) < 4.78 is 2.35. The fourth-order valence-electron chi connectivity index (χ4n) is 4.06. The lowest BCUT2D eigenvalue weighted by Crippen LogP contribution is -2.28. The van der Waals surface area contributed by atoms with E-state index >= 15 is 0 Å². The average molecular weight is 273 g/mol. The zero-order chi connectivity index (χ0) is 14.2. The van der Waals surface area contributed by atoms with Crippen LogP contribution in [0.1, 0.15) is 74.8 Å². The minimum atomic E-state index is 0.131. The van der Waals surface area contributed by atoms with E-state index < -0.39 is 0 Å². The van der Waals surface area contributed by atoms with Crippen molar-refractivity contribution in [1.82, 2.24) is 4.57 Å². The molecule has 0 aromatic carbocycles. The topological polar surface area (TPSA) is 22.0 Å². The summed E-state index contributed by atoms with van der Waals surface area (Å²) in [6.07, 6.45) is 12.3. The first-order valence-electron chi connectivity index (χ1n) is 8.26. The van der Waals surface area contributed by atoms with Gasteiger partial charge in [0.25, 0.3) is 0 Å². The zero-order valence-corrected chi connectivity index (χ0v) is 13.0. The molecule has 0 saturated heterocycles. The van der Waals surface area contributed by atoms with Crippen LogP contribution in [0.25, 0.3) is 0 Å². The van der Waals surface area contributed by atoms with Gasteiger partial charge in [-0.2, -0.15) is 0 Å². The molecule has 0 radical (unpaired) electrons. The van der Waals surface area contributed by atoms with Gasteiger partial charge >= 0.3 is 0 Å². The molecule has 0 N–H and O–H groups in total.